The molecule has 0 spiro atoms. The van der Waals surface area contributed by atoms with Crippen molar-refractivity contribution < 1.29 is 15.3 Å². The highest BCUT2D eigenvalue weighted by Gasteiger charge is 2.05. The van der Waals surface area contributed by atoms with E-state index in [4.69, 9.17) is 4.74 Å². The second-order valence-corrected chi connectivity index (χ2v) is 2.42. The largest absolute Gasteiger partial charge is 0.462 e. The summed E-state index contributed by atoms with van der Waals surface area (Å²) in [5.74, 6) is -0.289. The van der Waals surface area contributed by atoms with Crippen LogP contribution >= 0.6 is 0 Å². The van der Waals surface area contributed by atoms with Crippen LogP contribution in [0.15, 0.2) is 24.3 Å². The monoisotopic (exact) mass is 166 g/mol. The van der Waals surface area contributed by atoms with Gasteiger partial charge in [-0.05, 0) is 19.1 Å². The normalized spacial score (nSPS) is 9.50. The highest BCUT2D eigenvalue weighted by molar-refractivity contribution is 5.90. The van der Waals surface area contributed by atoms with Crippen LogP contribution in [0, 0.1) is 0 Å². The number of esters is 1. The van der Waals surface area contributed by atoms with E-state index in [0.717, 1.165) is 5.69 Å². The minimum Gasteiger partial charge on any atom is -0.462 e. The number of rotatable bonds is 2. The minimum absolute atomic E-state index is 0.289. The summed E-state index contributed by atoms with van der Waals surface area (Å²) < 4.78 is 4.82. The lowest BCUT2D eigenvalue weighted by Gasteiger charge is -2.00. The summed E-state index contributed by atoms with van der Waals surface area (Å²) in [6, 6.07) is 7.04. The zero-order valence-corrected chi connectivity index (χ0v) is 7.04. The van der Waals surface area contributed by atoms with E-state index < -0.39 is 0 Å². The first-order valence-corrected chi connectivity index (χ1v) is 3.83. The molecule has 1 rings (SSSR count). The van der Waals surface area contributed by atoms with Crippen LogP contribution < -0.4 is 5.73 Å². The molecule has 0 aromatic heterocycles. The van der Waals surface area contributed by atoms with Gasteiger partial charge in [0.15, 0.2) is 0 Å². The van der Waals surface area contributed by atoms with Gasteiger partial charge in [-0.2, -0.15) is 0 Å². The smallest absolute Gasteiger partial charge is 0.338 e. The van der Waals surface area contributed by atoms with Crippen LogP contribution in [0.4, 0.5) is 5.69 Å². The highest BCUT2D eigenvalue weighted by atomic mass is 16.5. The molecule has 0 amide bonds. The summed E-state index contributed by atoms with van der Waals surface area (Å²) in [5, 5.41) is 0. The molecule has 0 aliphatic heterocycles. The molecule has 0 aliphatic rings. The van der Waals surface area contributed by atoms with Gasteiger partial charge in [-0.25, -0.2) is 4.79 Å². The summed E-state index contributed by atoms with van der Waals surface area (Å²) in [5.41, 5.74) is 5.10. The second-order valence-electron chi connectivity index (χ2n) is 2.42. The van der Waals surface area contributed by atoms with E-state index in [1.54, 1.807) is 25.1 Å². The van der Waals surface area contributed by atoms with Crippen molar-refractivity contribution in [3.8, 4) is 0 Å². The Morgan fingerprint density at radius 1 is 1.58 bits per heavy atom. The molecule has 12 heavy (non-hydrogen) atoms. The first-order valence-electron chi connectivity index (χ1n) is 3.83. The molecule has 0 radical (unpaired) electrons. The quantitative estimate of drug-likeness (QED) is 0.659. The van der Waals surface area contributed by atoms with Crippen molar-refractivity contribution in [2.24, 2.45) is 0 Å². The van der Waals surface area contributed by atoms with Crippen molar-refractivity contribution >= 4 is 11.7 Å². The summed E-state index contributed by atoms with van der Waals surface area (Å²) in [7, 11) is 0. The van der Waals surface area contributed by atoms with Gasteiger partial charge < -0.3 is 10.5 Å². The van der Waals surface area contributed by atoms with E-state index in [1.165, 1.54) is 0 Å². The van der Waals surface area contributed by atoms with E-state index in [-0.39, 0.29) is 5.97 Å². The number of carbonyl (C=O) groups excluding carboxylic acids is 1. The lowest BCUT2D eigenvalue weighted by atomic mass is 10.2. The summed E-state index contributed by atoms with van der Waals surface area (Å²) in [6.45, 7) is 2.19. The van der Waals surface area contributed by atoms with E-state index in [0.29, 0.717) is 12.2 Å². The molecule has 64 valence electrons. The maximum absolute atomic E-state index is 11.1. The summed E-state index contributed by atoms with van der Waals surface area (Å²) in [6.07, 6.45) is 0. The molecule has 0 fully saturated rings. The van der Waals surface area contributed by atoms with Gasteiger partial charge in [0.05, 0.1) is 12.2 Å². The fourth-order valence-corrected chi connectivity index (χ4v) is 0.913. The molecule has 1 aromatic rings. The van der Waals surface area contributed by atoms with Crippen LogP contribution in [0.2, 0.25) is 0 Å². The molecule has 0 saturated heterocycles. The molecule has 0 aliphatic carbocycles. The van der Waals surface area contributed by atoms with Gasteiger partial charge in [-0.3, -0.25) is 0 Å². The fourth-order valence-electron chi connectivity index (χ4n) is 0.913. The zero-order chi connectivity index (χ0) is 8.97. The molecule has 0 heterocycles. The van der Waals surface area contributed by atoms with E-state index in [9.17, 15) is 4.79 Å². The van der Waals surface area contributed by atoms with Crippen molar-refractivity contribution in [1.82, 2.24) is 0 Å². The molecule has 0 atom stereocenters. The number of carbonyl (C=O) groups is 1. The Hall–Kier alpha value is -1.35. The molecule has 3 N–H and O–H groups in total. The van der Waals surface area contributed by atoms with Gasteiger partial charge in [0, 0.05) is 6.07 Å². The Morgan fingerprint density at radius 2 is 2.33 bits per heavy atom. The van der Waals surface area contributed by atoms with Gasteiger partial charge in [0.2, 0.25) is 0 Å². The fraction of sp³-hybridized carbons (Fsp3) is 0.222. The predicted octanol–water partition coefficient (Wildman–Crippen LogP) is 0.737. The summed E-state index contributed by atoms with van der Waals surface area (Å²) >= 11 is 0. The third-order valence-electron chi connectivity index (χ3n) is 1.44. The SMILES string of the molecule is CCOC(=O)c1cccc([NH3+])c1. The highest BCUT2D eigenvalue weighted by Crippen LogP contribution is 2.06. The Kier molecular flexibility index (Phi) is 2.82. The van der Waals surface area contributed by atoms with Crippen molar-refractivity contribution in [3.63, 3.8) is 0 Å². The standard InChI is InChI=1S/C9H11NO2/c1-2-12-9(11)7-4-3-5-8(10)6-7/h3-6H,2,10H2,1H3/p+1. The van der Waals surface area contributed by atoms with Crippen LogP contribution in [0.1, 0.15) is 17.3 Å². The van der Waals surface area contributed by atoms with Crippen molar-refractivity contribution in [2.45, 2.75) is 6.92 Å². The number of benzene rings is 1. The lowest BCUT2D eigenvalue weighted by molar-refractivity contribution is -0.254. The number of ether oxygens (including phenoxy) is 1. The van der Waals surface area contributed by atoms with E-state index in [1.807, 2.05) is 6.07 Å². The Labute approximate surface area is 71.1 Å². The van der Waals surface area contributed by atoms with Crippen molar-refractivity contribution in [3.05, 3.63) is 29.8 Å². The Morgan fingerprint density at radius 3 is 2.92 bits per heavy atom. The van der Waals surface area contributed by atoms with Gasteiger partial charge >= 0.3 is 5.97 Å². The van der Waals surface area contributed by atoms with E-state index >= 15 is 0 Å². The van der Waals surface area contributed by atoms with Crippen LogP contribution in [0.25, 0.3) is 0 Å². The third-order valence-corrected chi connectivity index (χ3v) is 1.44. The number of hydrogen-bond donors (Lipinski definition) is 1. The predicted molar refractivity (Wildman–Crippen MR) is 44.9 cm³/mol. The average Bonchev–Trinajstić information content (AvgIpc) is 2.05. The molecule has 0 bridgehead atoms. The molecule has 0 unspecified atom stereocenters. The van der Waals surface area contributed by atoms with Gasteiger partial charge in [0.1, 0.15) is 5.69 Å². The molecule has 0 saturated carbocycles. The molecule has 1 aromatic carbocycles. The molecular weight excluding hydrogens is 154 g/mol. The van der Waals surface area contributed by atoms with Crippen molar-refractivity contribution in [1.29, 1.82) is 0 Å². The van der Waals surface area contributed by atoms with Crippen molar-refractivity contribution in [2.75, 3.05) is 6.61 Å². The first kappa shape index (κ1) is 8.74. The molecule has 3 heteroatoms. The van der Waals surface area contributed by atoms with E-state index in [2.05, 4.69) is 5.73 Å². The molecular formula is C9H12NO2+. The van der Waals surface area contributed by atoms with Gasteiger partial charge in [-0.15, -0.1) is 0 Å². The Bertz CT molecular complexity index is 284. The van der Waals surface area contributed by atoms with Crippen LogP contribution in [0.3, 0.4) is 0 Å². The van der Waals surface area contributed by atoms with Gasteiger partial charge in [0.25, 0.3) is 0 Å². The minimum atomic E-state index is -0.289. The maximum Gasteiger partial charge on any atom is 0.338 e. The number of hydrogen-bond acceptors (Lipinski definition) is 2. The average molecular weight is 166 g/mol. The number of quaternary nitrogens is 1. The molecule has 3 nitrogen and oxygen atoms in total. The first-order chi connectivity index (χ1) is 5.74. The third kappa shape index (κ3) is 2.07. The second kappa shape index (κ2) is 3.88. The Balaban J connectivity index is 2.81. The lowest BCUT2D eigenvalue weighted by Crippen LogP contribution is -2.40. The van der Waals surface area contributed by atoms with Crippen LogP contribution in [-0.4, -0.2) is 12.6 Å². The zero-order valence-electron chi connectivity index (χ0n) is 7.04. The topological polar surface area (TPSA) is 53.9 Å². The summed E-state index contributed by atoms with van der Waals surface area (Å²) in [4.78, 5) is 11.1. The van der Waals surface area contributed by atoms with Crippen LogP contribution in [0.5, 0.6) is 0 Å². The van der Waals surface area contributed by atoms with Crippen LogP contribution in [-0.2, 0) is 4.74 Å². The maximum atomic E-state index is 11.1. The van der Waals surface area contributed by atoms with Gasteiger partial charge in [-0.1, -0.05) is 6.07 Å².